The fraction of sp³-hybridized carbons (Fsp3) is 0.333. The monoisotopic (exact) mass is 150 g/mol. The van der Waals surface area contributed by atoms with E-state index in [0.717, 1.165) is 0 Å². The molecule has 0 aromatic carbocycles. The molecule has 0 fully saturated rings. The van der Waals surface area contributed by atoms with E-state index >= 15 is 0 Å². The van der Waals surface area contributed by atoms with Crippen LogP contribution in [0, 0.1) is 10.1 Å². The van der Waals surface area contributed by atoms with Crippen LogP contribution < -0.4 is 0 Å². The van der Waals surface area contributed by atoms with Crippen LogP contribution in [0.5, 0.6) is 0 Å². The molecule has 0 saturated carbocycles. The van der Waals surface area contributed by atoms with E-state index < -0.39 is 0 Å². The van der Waals surface area contributed by atoms with Gasteiger partial charge in [-0.1, -0.05) is 11.8 Å². The third-order valence-corrected chi connectivity index (χ3v) is 0.908. The molecule has 0 bridgehead atoms. The lowest BCUT2D eigenvalue weighted by atomic mass is 11.4. The van der Waals surface area contributed by atoms with Crippen molar-refractivity contribution in [2.75, 3.05) is 6.26 Å². The van der Waals surface area contributed by atoms with Crippen LogP contribution in [0.2, 0.25) is 0 Å². The van der Waals surface area contributed by atoms with Crippen molar-refractivity contribution in [2.45, 2.75) is 0 Å². The number of rotatable bonds is 0. The zero-order valence-corrected chi connectivity index (χ0v) is 5.19. The topological polar surface area (TPSA) is 0 Å². The van der Waals surface area contributed by atoms with E-state index in [4.69, 9.17) is 0 Å². The minimum atomic E-state index is 1.49. The van der Waals surface area contributed by atoms with Gasteiger partial charge in [-0.15, -0.1) is 0 Å². The molecule has 0 spiro atoms. The first-order valence-electron chi connectivity index (χ1n) is 1.05. The van der Waals surface area contributed by atoms with E-state index in [-0.39, 0.29) is 0 Å². The minimum Gasteiger partial charge on any atom is -0.0776 e. The normalized spacial score (nSPS) is 5.20. The zero-order valence-electron chi connectivity index (χ0n) is 2.79. The molecule has 5 heavy (non-hydrogen) atoms. The van der Waals surface area contributed by atoms with Crippen LogP contribution in [0.4, 0.5) is 0 Å². The highest BCUT2D eigenvalue weighted by molar-refractivity contribution is 9.12. The molecule has 0 aromatic heterocycles. The van der Waals surface area contributed by atoms with Crippen molar-refractivity contribution in [3.05, 3.63) is 0 Å². The molecule has 0 amide bonds. The summed E-state index contributed by atoms with van der Waals surface area (Å²) in [6, 6.07) is 0. The molecule has 0 aliphatic carbocycles. The Morgan fingerprint density at radius 3 is 2.40 bits per heavy atom. The van der Waals surface area contributed by atoms with Crippen molar-refractivity contribution in [2.24, 2.45) is 0 Å². The molecule has 0 aliphatic rings. The molecule has 0 atom stereocenters. The minimum absolute atomic E-state index is 1.49. The number of thioether (sulfide) groups is 1. The highest BCUT2D eigenvalue weighted by Crippen LogP contribution is 1.84. The summed E-state index contributed by atoms with van der Waals surface area (Å²) in [6.07, 6.45) is 1.92. The predicted octanol–water partition coefficient (Wildman–Crippen LogP) is 1.66. The Kier molecular flexibility index (Phi) is 4.73. The van der Waals surface area contributed by atoms with E-state index in [2.05, 4.69) is 26.0 Å². The van der Waals surface area contributed by atoms with Gasteiger partial charge in [0.05, 0.1) is 0 Å². The van der Waals surface area contributed by atoms with Gasteiger partial charge in [0.2, 0.25) is 0 Å². The number of halogens is 1. The standard InChI is InChI=1S/C3H3BrS/c1-5-3-2-4/h1H3. The van der Waals surface area contributed by atoms with Crippen LogP contribution in [-0.2, 0) is 0 Å². The third-order valence-electron chi connectivity index (χ3n) is 0.141. The number of hydrogen-bond acceptors (Lipinski definition) is 1. The lowest BCUT2D eigenvalue weighted by molar-refractivity contribution is 2.51. The van der Waals surface area contributed by atoms with Crippen molar-refractivity contribution >= 4 is 27.7 Å². The molecule has 0 saturated heterocycles. The first-order chi connectivity index (χ1) is 2.41. The van der Waals surface area contributed by atoms with E-state index in [1.165, 1.54) is 11.8 Å². The van der Waals surface area contributed by atoms with Gasteiger partial charge in [0.25, 0.3) is 0 Å². The Hall–Kier alpha value is 0.390. The van der Waals surface area contributed by atoms with E-state index in [1.54, 1.807) is 0 Å². The molecule has 0 radical (unpaired) electrons. The Balaban J connectivity index is 2.81. The van der Waals surface area contributed by atoms with Gasteiger partial charge in [-0.3, -0.25) is 0 Å². The molecule has 0 N–H and O–H groups in total. The molecular weight excluding hydrogens is 148 g/mol. The maximum Gasteiger partial charge on any atom is 0.0115 e. The fourth-order valence-corrected chi connectivity index (χ4v) is 0.601. The second-order valence-electron chi connectivity index (χ2n) is 0.401. The summed E-state index contributed by atoms with van der Waals surface area (Å²) in [6.45, 7) is 0. The molecule has 0 heterocycles. The molecule has 2 heteroatoms. The highest BCUT2D eigenvalue weighted by atomic mass is 79.9. The Labute approximate surface area is 44.5 Å². The summed E-state index contributed by atoms with van der Waals surface area (Å²) in [5, 5.41) is 2.69. The van der Waals surface area contributed by atoms with Crippen LogP contribution in [0.3, 0.4) is 0 Å². The molecule has 0 aliphatic heterocycles. The average molecular weight is 151 g/mol. The smallest absolute Gasteiger partial charge is 0.0115 e. The average Bonchev–Trinajstić information content (AvgIpc) is 1.41. The van der Waals surface area contributed by atoms with Crippen molar-refractivity contribution in [1.29, 1.82) is 0 Å². The van der Waals surface area contributed by atoms with Crippen LogP contribution in [-0.4, -0.2) is 6.26 Å². The number of hydrogen-bond donors (Lipinski definition) is 0. The molecule has 28 valence electrons. The largest absolute Gasteiger partial charge is 0.0776 e. The fourth-order valence-electron chi connectivity index (χ4n) is 0.0386. The van der Waals surface area contributed by atoms with Gasteiger partial charge in [-0.25, -0.2) is 0 Å². The van der Waals surface area contributed by atoms with Gasteiger partial charge in [0.1, 0.15) is 0 Å². The third kappa shape index (κ3) is 4.39. The van der Waals surface area contributed by atoms with Gasteiger partial charge < -0.3 is 0 Å². The first kappa shape index (κ1) is 5.39. The molecule has 0 rings (SSSR count). The van der Waals surface area contributed by atoms with Crippen molar-refractivity contribution in [3.8, 4) is 10.1 Å². The lowest BCUT2D eigenvalue weighted by Crippen LogP contribution is -1.32. The Bertz CT molecular complexity index is 59.0. The van der Waals surface area contributed by atoms with Crippen LogP contribution in [0.1, 0.15) is 0 Å². The summed E-state index contributed by atoms with van der Waals surface area (Å²) in [7, 11) is 0. The van der Waals surface area contributed by atoms with Gasteiger partial charge in [0, 0.05) is 15.9 Å². The van der Waals surface area contributed by atoms with Gasteiger partial charge >= 0.3 is 0 Å². The van der Waals surface area contributed by atoms with Crippen LogP contribution in [0.25, 0.3) is 0 Å². The second-order valence-corrected chi connectivity index (χ2v) is 1.41. The van der Waals surface area contributed by atoms with E-state index in [1.807, 2.05) is 6.26 Å². The van der Waals surface area contributed by atoms with Gasteiger partial charge in [0.15, 0.2) is 0 Å². The summed E-state index contributed by atoms with van der Waals surface area (Å²) in [5.41, 5.74) is 0. The van der Waals surface area contributed by atoms with Gasteiger partial charge in [-0.2, -0.15) is 0 Å². The molecular formula is C3H3BrS. The Morgan fingerprint density at radius 2 is 2.40 bits per heavy atom. The summed E-state index contributed by atoms with van der Waals surface area (Å²) >= 11 is 4.42. The Morgan fingerprint density at radius 1 is 1.80 bits per heavy atom. The molecule has 0 unspecified atom stereocenters. The summed E-state index contributed by atoms with van der Waals surface area (Å²) in [5.74, 6) is 0. The second kappa shape index (κ2) is 4.39. The van der Waals surface area contributed by atoms with Crippen molar-refractivity contribution in [3.63, 3.8) is 0 Å². The SMILES string of the molecule is CSC#CBr. The highest BCUT2D eigenvalue weighted by Gasteiger charge is 1.49. The van der Waals surface area contributed by atoms with E-state index in [9.17, 15) is 0 Å². The van der Waals surface area contributed by atoms with Crippen LogP contribution in [0.15, 0.2) is 0 Å². The summed E-state index contributed by atoms with van der Waals surface area (Å²) in [4.78, 5) is 2.54. The maximum absolute atomic E-state index is 2.93. The first-order valence-corrected chi connectivity index (χ1v) is 3.07. The van der Waals surface area contributed by atoms with Crippen LogP contribution >= 0.6 is 27.7 Å². The lowest BCUT2D eigenvalue weighted by Gasteiger charge is -1.56. The maximum atomic E-state index is 2.93. The molecule has 0 nitrogen and oxygen atoms in total. The molecule has 0 aromatic rings. The van der Waals surface area contributed by atoms with Crippen molar-refractivity contribution in [1.82, 2.24) is 0 Å². The van der Waals surface area contributed by atoms with Crippen molar-refractivity contribution < 1.29 is 0 Å². The summed E-state index contributed by atoms with van der Waals surface area (Å²) < 4.78 is 0. The van der Waals surface area contributed by atoms with Gasteiger partial charge in [-0.05, 0) is 16.3 Å². The predicted molar refractivity (Wildman–Crippen MR) is 30.2 cm³/mol. The zero-order chi connectivity index (χ0) is 4.12. The van der Waals surface area contributed by atoms with E-state index in [0.29, 0.717) is 0 Å². The quantitative estimate of drug-likeness (QED) is 0.474.